The summed E-state index contributed by atoms with van der Waals surface area (Å²) in [5.41, 5.74) is 0. The summed E-state index contributed by atoms with van der Waals surface area (Å²) < 4.78 is 68.0. The molecule has 0 bridgehead atoms. The molecule has 0 aliphatic rings. The maximum Gasteiger partial charge on any atom is 0.472 e. The van der Waals surface area contributed by atoms with Crippen LogP contribution in [0.4, 0.5) is 0 Å². The van der Waals surface area contributed by atoms with E-state index in [9.17, 15) is 43.2 Å². The van der Waals surface area contributed by atoms with Crippen LogP contribution in [0.15, 0.2) is 0 Å². The van der Waals surface area contributed by atoms with Crippen LogP contribution in [0.1, 0.15) is 344 Å². The van der Waals surface area contributed by atoms with Gasteiger partial charge in [0.05, 0.1) is 26.4 Å². The normalized spacial score (nSPS) is 14.2. The number of aliphatic hydroxyl groups excluding tert-OH is 1. The maximum absolute atomic E-state index is 13.0. The number of ether oxygens (including phenoxy) is 4. The van der Waals surface area contributed by atoms with Gasteiger partial charge in [0.25, 0.3) is 0 Å². The van der Waals surface area contributed by atoms with Gasteiger partial charge in [0.2, 0.25) is 0 Å². The van der Waals surface area contributed by atoms with Gasteiger partial charge in [-0.15, -0.1) is 0 Å². The number of unbranched alkanes of at least 4 members (excludes halogenated alkanes) is 35. The summed E-state index contributed by atoms with van der Waals surface area (Å²) in [5.74, 6) is 0.159. The summed E-state index contributed by atoms with van der Waals surface area (Å²) in [6, 6.07) is 0. The second kappa shape index (κ2) is 60.0. The first-order chi connectivity index (χ1) is 42.2. The topological polar surface area (TPSA) is 237 Å². The molecule has 0 rings (SSSR count). The number of rotatable bonds is 67. The molecule has 0 aromatic rings. The van der Waals surface area contributed by atoms with Crippen LogP contribution in [0.2, 0.25) is 0 Å². The number of aliphatic hydroxyl groups is 1. The molecule has 0 spiro atoms. The van der Waals surface area contributed by atoms with E-state index in [2.05, 4.69) is 48.5 Å². The molecule has 0 saturated heterocycles. The molecule has 0 aliphatic carbocycles. The third kappa shape index (κ3) is 62.8. The molecule has 522 valence electrons. The van der Waals surface area contributed by atoms with Crippen LogP contribution in [0, 0.1) is 17.8 Å². The molecular weight excluding hydrogens is 1160 g/mol. The van der Waals surface area contributed by atoms with E-state index in [1.54, 1.807) is 0 Å². The number of carbonyl (C=O) groups excluding carboxylic acids is 4. The van der Waals surface area contributed by atoms with Crippen LogP contribution in [0.25, 0.3) is 0 Å². The van der Waals surface area contributed by atoms with Crippen molar-refractivity contribution in [1.29, 1.82) is 0 Å². The van der Waals surface area contributed by atoms with E-state index in [-0.39, 0.29) is 25.7 Å². The number of esters is 4. The zero-order valence-corrected chi connectivity index (χ0v) is 59.0. The minimum Gasteiger partial charge on any atom is -0.462 e. The molecule has 0 aromatic carbocycles. The molecule has 19 heteroatoms. The van der Waals surface area contributed by atoms with Crippen molar-refractivity contribution in [3.05, 3.63) is 0 Å². The molecule has 3 N–H and O–H groups in total. The lowest BCUT2D eigenvalue weighted by atomic mass is 10.0. The average Bonchev–Trinajstić information content (AvgIpc) is 3.65. The van der Waals surface area contributed by atoms with Gasteiger partial charge < -0.3 is 33.8 Å². The van der Waals surface area contributed by atoms with Crippen LogP contribution in [0.3, 0.4) is 0 Å². The van der Waals surface area contributed by atoms with Crippen molar-refractivity contribution in [3.8, 4) is 0 Å². The number of hydrogen-bond donors (Lipinski definition) is 3. The van der Waals surface area contributed by atoms with Crippen molar-refractivity contribution < 1.29 is 80.2 Å². The Morgan fingerprint density at radius 1 is 0.307 bits per heavy atom. The summed E-state index contributed by atoms with van der Waals surface area (Å²) in [6.07, 6.45) is 43.5. The van der Waals surface area contributed by atoms with Crippen molar-refractivity contribution >= 4 is 39.5 Å². The third-order valence-corrected chi connectivity index (χ3v) is 17.8. The molecule has 0 radical (unpaired) electrons. The lowest BCUT2D eigenvalue weighted by Crippen LogP contribution is -2.30. The zero-order valence-electron chi connectivity index (χ0n) is 57.2. The van der Waals surface area contributed by atoms with E-state index in [0.29, 0.717) is 25.7 Å². The highest BCUT2D eigenvalue weighted by atomic mass is 31.2. The van der Waals surface area contributed by atoms with Gasteiger partial charge in [-0.25, -0.2) is 9.13 Å². The molecule has 88 heavy (non-hydrogen) atoms. The highest BCUT2D eigenvalue weighted by Crippen LogP contribution is 2.45. The molecule has 0 saturated carbocycles. The lowest BCUT2D eigenvalue weighted by Gasteiger charge is -2.21. The minimum atomic E-state index is -4.95. The Labute approximate surface area is 537 Å². The Bertz CT molecular complexity index is 1730. The Hall–Kier alpha value is -1.94. The second-order valence-electron chi connectivity index (χ2n) is 26.3. The predicted octanol–water partition coefficient (Wildman–Crippen LogP) is 19.5. The molecule has 0 amide bonds. The monoisotopic (exact) mass is 1300 g/mol. The molecule has 0 aromatic heterocycles. The number of carbonyl (C=O) groups is 4. The molecular formula is C69H134O17P2. The summed E-state index contributed by atoms with van der Waals surface area (Å²) in [6.45, 7) is 11.7. The number of hydrogen-bond acceptors (Lipinski definition) is 15. The Balaban J connectivity index is 5.16. The predicted molar refractivity (Wildman–Crippen MR) is 354 cm³/mol. The zero-order chi connectivity index (χ0) is 65.2. The van der Waals surface area contributed by atoms with Crippen LogP contribution >= 0.6 is 15.6 Å². The van der Waals surface area contributed by atoms with E-state index in [1.807, 2.05) is 0 Å². The number of phosphoric acid groups is 2. The van der Waals surface area contributed by atoms with Crippen LogP contribution in [0.5, 0.6) is 0 Å². The number of phosphoric ester groups is 2. The quantitative estimate of drug-likeness (QED) is 0.0222. The van der Waals surface area contributed by atoms with Crippen molar-refractivity contribution in [1.82, 2.24) is 0 Å². The molecule has 0 fully saturated rings. The Morgan fingerprint density at radius 3 is 0.773 bits per heavy atom. The lowest BCUT2D eigenvalue weighted by molar-refractivity contribution is -0.161. The molecule has 0 heterocycles. The van der Waals surface area contributed by atoms with E-state index < -0.39 is 97.5 Å². The smallest absolute Gasteiger partial charge is 0.462 e. The summed E-state index contributed by atoms with van der Waals surface area (Å²) in [7, 11) is -9.89. The molecule has 0 aliphatic heterocycles. The fraction of sp³-hybridized carbons (Fsp3) is 0.942. The minimum absolute atomic E-state index is 0.104. The third-order valence-electron chi connectivity index (χ3n) is 15.9. The highest BCUT2D eigenvalue weighted by Gasteiger charge is 2.30. The van der Waals surface area contributed by atoms with Crippen LogP contribution < -0.4 is 0 Å². The van der Waals surface area contributed by atoms with Crippen LogP contribution in [-0.2, 0) is 65.4 Å². The summed E-state index contributed by atoms with van der Waals surface area (Å²) >= 11 is 0. The van der Waals surface area contributed by atoms with Gasteiger partial charge in [0, 0.05) is 25.7 Å². The van der Waals surface area contributed by atoms with Crippen molar-refractivity contribution in [2.75, 3.05) is 39.6 Å². The summed E-state index contributed by atoms with van der Waals surface area (Å²) in [5, 5.41) is 10.5. The van der Waals surface area contributed by atoms with Gasteiger partial charge in [-0.2, -0.15) is 0 Å². The Kier molecular flexibility index (Phi) is 58.7. The van der Waals surface area contributed by atoms with E-state index in [1.165, 1.54) is 148 Å². The fourth-order valence-corrected chi connectivity index (χ4v) is 11.9. The van der Waals surface area contributed by atoms with E-state index in [4.69, 9.17) is 37.0 Å². The molecule has 2 unspecified atom stereocenters. The van der Waals surface area contributed by atoms with Gasteiger partial charge in [-0.1, -0.05) is 292 Å². The van der Waals surface area contributed by atoms with Crippen molar-refractivity contribution in [2.45, 2.75) is 362 Å². The molecule has 17 nitrogen and oxygen atoms in total. The largest absolute Gasteiger partial charge is 0.472 e. The Morgan fingerprint density at radius 2 is 0.523 bits per heavy atom. The first-order valence-corrected chi connectivity index (χ1v) is 38.8. The van der Waals surface area contributed by atoms with Gasteiger partial charge in [-0.3, -0.25) is 37.3 Å². The first kappa shape index (κ1) is 86.1. The first-order valence-electron chi connectivity index (χ1n) is 35.8. The molecule has 5 atom stereocenters. The summed E-state index contributed by atoms with van der Waals surface area (Å²) in [4.78, 5) is 72.2. The standard InChI is InChI=1S/C69H134O17P2/c1-8-9-10-33-43-50-66(71)79-56-64(85-69(74)53-46-39-32-26-20-23-29-36-42-49-62(6)7)58-83-87(75,76)81-54-63(70)55-82-88(77,78)84-59-65(57-80-67(72)51-44-37-30-24-19-18-22-28-35-41-48-61(4)5)86-68(73)52-45-38-31-25-17-15-13-11-12-14-16-21-27-34-40-47-60(2)3/h60-65,70H,8-59H2,1-7H3,(H,75,76)(H,77,78)/t63-,64+,65+/m0/s1. The SMILES string of the molecule is CCCCCCCC(=O)OC[C@H](COP(=O)(O)OC[C@H](O)COP(=O)(O)OC[C@@H](COC(=O)CCCCCCCCCCCCC(C)C)OC(=O)CCCCCCCCCCCCCCCCCC(C)C)OC(=O)CCCCCCCCCCCC(C)C. The fourth-order valence-electron chi connectivity index (χ4n) is 10.4. The second-order valence-corrected chi connectivity index (χ2v) is 29.3. The highest BCUT2D eigenvalue weighted by molar-refractivity contribution is 7.47. The van der Waals surface area contributed by atoms with E-state index in [0.717, 1.165) is 114 Å². The van der Waals surface area contributed by atoms with Gasteiger partial charge in [0.15, 0.2) is 12.2 Å². The van der Waals surface area contributed by atoms with Crippen molar-refractivity contribution in [2.24, 2.45) is 17.8 Å². The van der Waals surface area contributed by atoms with E-state index >= 15 is 0 Å². The maximum atomic E-state index is 13.0. The van der Waals surface area contributed by atoms with Crippen LogP contribution in [-0.4, -0.2) is 96.7 Å². The van der Waals surface area contributed by atoms with Gasteiger partial charge >= 0.3 is 39.5 Å². The average molecular weight is 1300 g/mol. The van der Waals surface area contributed by atoms with Gasteiger partial charge in [-0.05, 0) is 43.4 Å². The van der Waals surface area contributed by atoms with Crippen molar-refractivity contribution in [3.63, 3.8) is 0 Å². The van der Waals surface area contributed by atoms with Gasteiger partial charge in [0.1, 0.15) is 19.3 Å².